The molecule has 1 aromatic carbocycles. The minimum absolute atomic E-state index is 0.725. The predicted octanol–water partition coefficient (Wildman–Crippen LogP) is 3.90. The maximum Gasteiger partial charge on any atom is 0.0238 e. The van der Waals surface area contributed by atoms with Crippen LogP contribution in [0.4, 0.5) is 0 Å². The van der Waals surface area contributed by atoms with E-state index >= 15 is 0 Å². The van der Waals surface area contributed by atoms with Gasteiger partial charge in [0.25, 0.3) is 0 Å². The number of rotatable bonds is 3. The summed E-state index contributed by atoms with van der Waals surface area (Å²) in [6.45, 7) is 7.29. The van der Waals surface area contributed by atoms with Crippen LogP contribution in [-0.4, -0.2) is 41.5 Å². The number of piperidine rings is 1. The van der Waals surface area contributed by atoms with E-state index in [-0.39, 0.29) is 0 Å². The molecule has 2 nitrogen and oxygen atoms in total. The summed E-state index contributed by atoms with van der Waals surface area (Å²) in [5.41, 5.74) is 1.43. The number of nitrogens with zero attached hydrogens (tertiary/aromatic N) is 2. The largest absolute Gasteiger partial charge is 0.298 e. The first-order valence-corrected chi connectivity index (χ1v) is 8.78. The predicted molar refractivity (Wildman–Crippen MR) is 87.8 cm³/mol. The quantitative estimate of drug-likeness (QED) is 0.825. The van der Waals surface area contributed by atoms with E-state index < -0.39 is 0 Å². The maximum atomic E-state index is 3.59. The maximum absolute atomic E-state index is 3.59. The minimum Gasteiger partial charge on any atom is -0.298 e. The van der Waals surface area contributed by atoms with Crippen molar-refractivity contribution in [2.75, 3.05) is 19.6 Å². The van der Waals surface area contributed by atoms with Gasteiger partial charge in [0.1, 0.15) is 0 Å². The molecule has 0 saturated carbocycles. The van der Waals surface area contributed by atoms with Gasteiger partial charge in [-0.05, 0) is 43.5 Å². The highest BCUT2D eigenvalue weighted by molar-refractivity contribution is 9.10. The van der Waals surface area contributed by atoms with Crippen molar-refractivity contribution >= 4 is 15.9 Å². The molecule has 2 saturated heterocycles. The molecule has 0 bridgehead atoms. The van der Waals surface area contributed by atoms with Crippen molar-refractivity contribution in [1.29, 1.82) is 0 Å². The van der Waals surface area contributed by atoms with Gasteiger partial charge in [-0.15, -0.1) is 0 Å². The van der Waals surface area contributed by atoms with E-state index in [1.54, 1.807) is 0 Å². The fourth-order valence-electron chi connectivity index (χ4n) is 3.76. The average Bonchev–Trinajstić information content (AvgIpc) is 2.46. The second-order valence-corrected chi connectivity index (χ2v) is 7.18. The lowest BCUT2D eigenvalue weighted by Crippen LogP contribution is -2.58. The van der Waals surface area contributed by atoms with Crippen molar-refractivity contribution in [2.45, 2.75) is 51.2 Å². The standard InChI is InChI=1S/C17H25BrN2/c1-2-16-12-19-9-4-3-8-17(19)13-20(16)11-14-6-5-7-15(18)10-14/h5-7,10,16-17H,2-4,8-9,11-13H2,1H3. The van der Waals surface area contributed by atoms with E-state index in [0.29, 0.717) is 0 Å². The zero-order valence-electron chi connectivity index (χ0n) is 12.4. The highest BCUT2D eigenvalue weighted by Crippen LogP contribution is 2.26. The lowest BCUT2D eigenvalue weighted by molar-refractivity contribution is 0.00327. The van der Waals surface area contributed by atoms with Crippen molar-refractivity contribution in [3.8, 4) is 0 Å². The summed E-state index contributed by atoms with van der Waals surface area (Å²) in [4.78, 5) is 5.46. The Kier molecular flexibility index (Phi) is 4.79. The van der Waals surface area contributed by atoms with E-state index in [9.17, 15) is 0 Å². The molecule has 2 heterocycles. The monoisotopic (exact) mass is 336 g/mol. The van der Waals surface area contributed by atoms with Gasteiger partial charge >= 0.3 is 0 Å². The second-order valence-electron chi connectivity index (χ2n) is 6.27. The Morgan fingerprint density at radius 1 is 1.25 bits per heavy atom. The number of piperazine rings is 1. The molecule has 0 radical (unpaired) electrons. The number of hydrogen-bond donors (Lipinski definition) is 0. The molecule has 0 aromatic heterocycles. The zero-order valence-corrected chi connectivity index (χ0v) is 14.0. The van der Waals surface area contributed by atoms with Crippen molar-refractivity contribution in [3.05, 3.63) is 34.3 Å². The molecular formula is C17H25BrN2. The molecule has 3 heteroatoms. The van der Waals surface area contributed by atoms with E-state index in [4.69, 9.17) is 0 Å². The summed E-state index contributed by atoms with van der Waals surface area (Å²) in [6.07, 6.45) is 5.48. The molecule has 1 aromatic rings. The Labute approximate surface area is 131 Å². The van der Waals surface area contributed by atoms with Crippen LogP contribution in [0.15, 0.2) is 28.7 Å². The summed E-state index contributed by atoms with van der Waals surface area (Å²) in [5, 5.41) is 0. The van der Waals surface area contributed by atoms with Crippen LogP contribution in [0.3, 0.4) is 0 Å². The number of benzene rings is 1. The molecule has 0 aliphatic carbocycles. The zero-order chi connectivity index (χ0) is 13.9. The van der Waals surface area contributed by atoms with Crippen molar-refractivity contribution in [1.82, 2.24) is 9.80 Å². The first-order valence-electron chi connectivity index (χ1n) is 7.99. The average molecular weight is 337 g/mol. The SMILES string of the molecule is CCC1CN2CCCCC2CN1Cc1cccc(Br)c1. The molecule has 20 heavy (non-hydrogen) atoms. The smallest absolute Gasteiger partial charge is 0.0238 e. The van der Waals surface area contributed by atoms with E-state index in [2.05, 4.69) is 56.9 Å². The molecule has 0 amide bonds. The van der Waals surface area contributed by atoms with Crippen molar-refractivity contribution in [2.24, 2.45) is 0 Å². The molecule has 2 unspecified atom stereocenters. The molecule has 2 atom stereocenters. The molecule has 2 fully saturated rings. The van der Waals surface area contributed by atoms with E-state index in [0.717, 1.165) is 18.6 Å². The number of halogens is 1. The normalized spacial score (nSPS) is 28.3. The van der Waals surface area contributed by atoms with Crippen LogP contribution in [-0.2, 0) is 6.54 Å². The molecule has 2 aliphatic heterocycles. The van der Waals surface area contributed by atoms with Gasteiger partial charge in [-0.1, -0.05) is 41.4 Å². The van der Waals surface area contributed by atoms with Crippen LogP contribution in [0, 0.1) is 0 Å². The Morgan fingerprint density at radius 2 is 2.15 bits per heavy atom. The molecule has 3 rings (SSSR count). The summed E-state index contributed by atoms with van der Waals surface area (Å²) in [5.74, 6) is 0. The lowest BCUT2D eigenvalue weighted by atomic mass is 9.95. The molecular weight excluding hydrogens is 312 g/mol. The first kappa shape index (κ1) is 14.6. The summed E-state index contributed by atoms with van der Waals surface area (Å²) in [6, 6.07) is 10.3. The highest BCUT2D eigenvalue weighted by Gasteiger charge is 2.33. The van der Waals surface area contributed by atoms with Gasteiger partial charge < -0.3 is 0 Å². The van der Waals surface area contributed by atoms with E-state index in [1.165, 1.54) is 55.4 Å². The van der Waals surface area contributed by atoms with Gasteiger partial charge in [0.15, 0.2) is 0 Å². The summed E-state index contributed by atoms with van der Waals surface area (Å²) in [7, 11) is 0. The highest BCUT2D eigenvalue weighted by atomic mass is 79.9. The topological polar surface area (TPSA) is 6.48 Å². The van der Waals surface area contributed by atoms with Crippen LogP contribution in [0.2, 0.25) is 0 Å². The summed E-state index contributed by atoms with van der Waals surface area (Å²) >= 11 is 3.59. The number of hydrogen-bond acceptors (Lipinski definition) is 2. The Bertz CT molecular complexity index is 448. The van der Waals surface area contributed by atoms with Crippen molar-refractivity contribution < 1.29 is 0 Å². The van der Waals surface area contributed by atoms with Gasteiger partial charge in [0.05, 0.1) is 0 Å². The molecule has 0 N–H and O–H groups in total. The van der Waals surface area contributed by atoms with Crippen LogP contribution in [0.5, 0.6) is 0 Å². The third-order valence-corrected chi connectivity index (χ3v) is 5.40. The van der Waals surface area contributed by atoms with Crippen molar-refractivity contribution in [3.63, 3.8) is 0 Å². The molecule has 2 aliphatic rings. The van der Waals surface area contributed by atoms with Crippen LogP contribution >= 0.6 is 15.9 Å². The first-order chi connectivity index (χ1) is 9.76. The van der Waals surface area contributed by atoms with Gasteiger partial charge in [0, 0.05) is 36.2 Å². The van der Waals surface area contributed by atoms with Gasteiger partial charge in [-0.2, -0.15) is 0 Å². The second kappa shape index (κ2) is 6.59. The third-order valence-electron chi connectivity index (χ3n) is 4.90. The van der Waals surface area contributed by atoms with Crippen LogP contribution in [0.1, 0.15) is 38.2 Å². The fourth-order valence-corrected chi connectivity index (χ4v) is 4.21. The van der Waals surface area contributed by atoms with Gasteiger partial charge in [-0.25, -0.2) is 0 Å². The van der Waals surface area contributed by atoms with Gasteiger partial charge in [-0.3, -0.25) is 9.80 Å². The Hall–Kier alpha value is -0.380. The van der Waals surface area contributed by atoms with Crippen LogP contribution < -0.4 is 0 Å². The third kappa shape index (κ3) is 3.26. The Morgan fingerprint density at radius 3 is 2.95 bits per heavy atom. The van der Waals surface area contributed by atoms with E-state index in [1.807, 2.05) is 0 Å². The lowest BCUT2D eigenvalue weighted by Gasteiger charge is -2.48. The Balaban J connectivity index is 1.70. The van der Waals surface area contributed by atoms with Gasteiger partial charge in [0.2, 0.25) is 0 Å². The van der Waals surface area contributed by atoms with Crippen LogP contribution in [0.25, 0.3) is 0 Å². The number of fused-ring (bicyclic) bond motifs is 1. The summed E-state index contributed by atoms with van der Waals surface area (Å²) < 4.78 is 1.19. The fraction of sp³-hybridized carbons (Fsp3) is 0.647. The molecule has 0 spiro atoms. The molecule has 110 valence electrons. The minimum atomic E-state index is 0.725.